The van der Waals surface area contributed by atoms with E-state index in [1.165, 1.54) is 9.13 Å². The molecule has 0 bridgehead atoms. The number of amides is 3. The number of aryl methyl sites for hydroxylation is 1. The van der Waals surface area contributed by atoms with E-state index < -0.39 is 23.2 Å². The van der Waals surface area contributed by atoms with Gasteiger partial charge in [-0.1, -0.05) is 17.9 Å². The topological polar surface area (TPSA) is 112 Å². The van der Waals surface area contributed by atoms with Crippen LogP contribution in [0.2, 0.25) is 0 Å². The zero-order valence-corrected chi connectivity index (χ0v) is 22.1. The number of aromatic nitrogens is 2. The molecule has 3 heterocycles. The number of para-hydroxylation sites is 1. The van der Waals surface area contributed by atoms with Crippen LogP contribution in [0, 0.1) is 11.8 Å². The molecule has 1 aromatic carbocycles. The van der Waals surface area contributed by atoms with E-state index in [-0.39, 0.29) is 37.1 Å². The van der Waals surface area contributed by atoms with E-state index in [2.05, 4.69) is 17.2 Å². The summed E-state index contributed by atoms with van der Waals surface area (Å²) in [6, 6.07) is 4.65. The molecule has 0 aliphatic carbocycles. The van der Waals surface area contributed by atoms with E-state index in [0.717, 1.165) is 0 Å². The number of benzene rings is 1. The Morgan fingerprint density at radius 1 is 1.19 bits per heavy atom. The quantitative estimate of drug-likeness (QED) is 0.502. The number of hydrogen-bond acceptors (Lipinski definition) is 6. The number of carbonyl (C=O) groups excluding carboxylic acids is 3. The van der Waals surface area contributed by atoms with Crippen LogP contribution in [0.4, 0.5) is 4.79 Å². The van der Waals surface area contributed by atoms with Gasteiger partial charge < -0.3 is 14.4 Å². The van der Waals surface area contributed by atoms with Crippen LogP contribution in [0.15, 0.2) is 23.0 Å². The van der Waals surface area contributed by atoms with Gasteiger partial charge in [0.1, 0.15) is 18.2 Å². The zero-order valence-electron chi connectivity index (χ0n) is 22.1. The predicted molar refractivity (Wildman–Crippen MR) is 137 cm³/mol. The number of likely N-dealkylation sites (tertiary alicyclic amines) is 1. The maximum absolute atomic E-state index is 13.0. The number of ether oxygens (including phenoxy) is 2. The molecule has 1 aromatic heterocycles. The van der Waals surface area contributed by atoms with Crippen LogP contribution in [0.25, 0.3) is 11.0 Å². The largest absolute Gasteiger partial charge is 0.444 e. The average molecular weight is 511 g/mol. The van der Waals surface area contributed by atoms with Gasteiger partial charge in [0.25, 0.3) is 0 Å². The first kappa shape index (κ1) is 26.5. The average Bonchev–Trinajstić information content (AvgIpc) is 3.07. The molecule has 2 fully saturated rings. The fourth-order valence-electron chi connectivity index (χ4n) is 4.74. The minimum atomic E-state index is -0.744. The number of nitrogens with zero attached hydrogens (tertiary/aromatic N) is 3. The molecule has 2 aliphatic heterocycles. The van der Waals surface area contributed by atoms with Crippen molar-refractivity contribution in [1.82, 2.24) is 19.4 Å². The molecule has 0 radical (unpaired) electrons. The molecule has 37 heavy (non-hydrogen) atoms. The second-order valence-corrected chi connectivity index (χ2v) is 10.9. The molecule has 10 nitrogen and oxygen atoms in total. The van der Waals surface area contributed by atoms with Gasteiger partial charge in [-0.25, -0.2) is 9.59 Å². The highest BCUT2D eigenvalue weighted by Gasteiger charge is 2.34. The maximum Gasteiger partial charge on any atom is 0.410 e. The molecule has 2 saturated heterocycles. The fraction of sp³-hybridized carbons (Fsp3) is 0.556. The molecule has 2 aromatic rings. The van der Waals surface area contributed by atoms with Gasteiger partial charge in [-0.3, -0.25) is 24.0 Å². The lowest BCUT2D eigenvalue weighted by Crippen LogP contribution is -2.48. The molecule has 4 rings (SSSR count). The van der Waals surface area contributed by atoms with Crippen LogP contribution in [-0.4, -0.2) is 62.8 Å². The molecule has 2 aliphatic rings. The Kier molecular flexibility index (Phi) is 7.20. The van der Waals surface area contributed by atoms with Crippen LogP contribution < -0.4 is 11.0 Å². The summed E-state index contributed by atoms with van der Waals surface area (Å²) in [5, 5.41) is 2.32. The van der Waals surface area contributed by atoms with Gasteiger partial charge in [0.15, 0.2) is 0 Å². The molecule has 1 N–H and O–H groups in total. The van der Waals surface area contributed by atoms with Crippen LogP contribution in [0.3, 0.4) is 0 Å². The Balaban J connectivity index is 1.45. The van der Waals surface area contributed by atoms with E-state index in [1.54, 1.807) is 24.1 Å². The summed E-state index contributed by atoms with van der Waals surface area (Å²) < 4.78 is 14.5. The minimum absolute atomic E-state index is 0.185. The number of nitrogens with one attached hydrogen (secondary N) is 1. The maximum atomic E-state index is 13.0. The smallest absolute Gasteiger partial charge is 0.410 e. The Morgan fingerprint density at radius 3 is 2.54 bits per heavy atom. The lowest BCUT2D eigenvalue weighted by atomic mass is 9.93. The highest BCUT2D eigenvalue weighted by Crippen LogP contribution is 2.27. The van der Waals surface area contributed by atoms with Crippen molar-refractivity contribution in [1.29, 1.82) is 0 Å². The second kappa shape index (κ2) is 10.1. The normalized spacial score (nSPS) is 19.8. The lowest BCUT2D eigenvalue weighted by Gasteiger charge is -2.39. The summed E-state index contributed by atoms with van der Waals surface area (Å²) in [7, 11) is 1.65. The Hall–Kier alpha value is -3.58. The number of imide groups is 1. The van der Waals surface area contributed by atoms with Crippen molar-refractivity contribution in [3.63, 3.8) is 0 Å². The van der Waals surface area contributed by atoms with Crippen molar-refractivity contribution in [2.75, 3.05) is 19.7 Å². The summed E-state index contributed by atoms with van der Waals surface area (Å²) in [5.41, 5.74) is 0.606. The van der Waals surface area contributed by atoms with Gasteiger partial charge in [0.2, 0.25) is 11.8 Å². The van der Waals surface area contributed by atoms with Crippen molar-refractivity contribution in [2.45, 2.75) is 70.6 Å². The third-order valence-electron chi connectivity index (χ3n) is 6.81. The molecule has 0 saturated carbocycles. The monoisotopic (exact) mass is 510 g/mol. The number of hydrogen-bond donors (Lipinski definition) is 1. The van der Waals surface area contributed by atoms with Gasteiger partial charge >= 0.3 is 11.8 Å². The van der Waals surface area contributed by atoms with Crippen molar-refractivity contribution >= 4 is 28.9 Å². The summed E-state index contributed by atoms with van der Waals surface area (Å²) in [6.07, 6.45) is 1.50. The van der Waals surface area contributed by atoms with Crippen LogP contribution in [0.1, 0.15) is 65.0 Å². The van der Waals surface area contributed by atoms with E-state index in [0.29, 0.717) is 42.5 Å². The lowest BCUT2D eigenvalue weighted by molar-refractivity contribution is -0.135. The highest BCUT2D eigenvalue weighted by atomic mass is 16.6. The minimum Gasteiger partial charge on any atom is -0.444 e. The standard InChI is InChI=1S/C27H34N4O6/c1-26(2,3)37-25(35)30-15-13-27(4,14-16-30)36-17-7-9-18-8-6-10-19-22(18)29(5)24(34)31(19)20-11-12-21(32)28-23(20)33/h6,8,10,20H,11-17H2,1-5H3,(H,28,32,33). The third kappa shape index (κ3) is 5.72. The second-order valence-electron chi connectivity index (χ2n) is 10.9. The molecule has 1 atom stereocenters. The SMILES string of the molecule is Cn1c(=O)n(C2CCC(=O)NC2=O)c2cccc(C#CCOC3(C)CCN(C(=O)OC(C)(C)C)CC3)c21. The number of rotatable bonds is 3. The zero-order chi connectivity index (χ0) is 27.0. The Morgan fingerprint density at radius 2 is 1.89 bits per heavy atom. The highest BCUT2D eigenvalue weighted by molar-refractivity contribution is 6.00. The first-order chi connectivity index (χ1) is 17.4. The van der Waals surface area contributed by atoms with Crippen LogP contribution in [-0.2, 0) is 26.1 Å². The van der Waals surface area contributed by atoms with E-state index in [9.17, 15) is 19.2 Å². The van der Waals surface area contributed by atoms with Gasteiger partial charge in [0, 0.05) is 26.6 Å². The number of fused-ring (bicyclic) bond motifs is 1. The van der Waals surface area contributed by atoms with Gasteiger partial charge in [-0.05, 0) is 59.1 Å². The van der Waals surface area contributed by atoms with Gasteiger partial charge in [-0.2, -0.15) is 0 Å². The van der Waals surface area contributed by atoms with Gasteiger partial charge in [0.05, 0.1) is 22.2 Å². The summed E-state index contributed by atoms with van der Waals surface area (Å²) in [5.74, 6) is 5.37. The first-order valence-corrected chi connectivity index (χ1v) is 12.5. The summed E-state index contributed by atoms with van der Waals surface area (Å²) in [4.78, 5) is 51.1. The predicted octanol–water partition coefficient (Wildman–Crippen LogP) is 2.48. The van der Waals surface area contributed by atoms with Crippen LogP contribution >= 0.6 is 0 Å². The van der Waals surface area contributed by atoms with Crippen LogP contribution in [0.5, 0.6) is 0 Å². The third-order valence-corrected chi connectivity index (χ3v) is 6.81. The molecular formula is C27H34N4O6. The first-order valence-electron chi connectivity index (χ1n) is 12.5. The van der Waals surface area contributed by atoms with Crippen molar-refractivity contribution in [3.05, 3.63) is 34.2 Å². The number of carbonyl (C=O) groups is 3. The molecule has 1 unspecified atom stereocenters. The molecule has 198 valence electrons. The molecular weight excluding hydrogens is 476 g/mol. The Labute approximate surface area is 215 Å². The molecule has 3 amide bonds. The summed E-state index contributed by atoms with van der Waals surface area (Å²) >= 11 is 0. The van der Waals surface area contributed by atoms with Crippen molar-refractivity contribution < 1.29 is 23.9 Å². The van der Waals surface area contributed by atoms with E-state index in [1.807, 2.05) is 33.8 Å². The summed E-state index contributed by atoms with van der Waals surface area (Å²) in [6.45, 7) is 8.86. The van der Waals surface area contributed by atoms with E-state index in [4.69, 9.17) is 9.47 Å². The number of imidazole rings is 1. The van der Waals surface area contributed by atoms with Crippen molar-refractivity contribution in [2.24, 2.45) is 7.05 Å². The molecule has 0 spiro atoms. The van der Waals surface area contributed by atoms with Crippen molar-refractivity contribution in [3.8, 4) is 11.8 Å². The Bertz CT molecular complexity index is 1350. The fourth-order valence-corrected chi connectivity index (χ4v) is 4.74. The number of piperidine rings is 2. The molecule has 10 heteroatoms. The van der Waals surface area contributed by atoms with Gasteiger partial charge in [-0.15, -0.1) is 0 Å². The van der Waals surface area contributed by atoms with E-state index >= 15 is 0 Å².